The maximum absolute atomic E-state index is 11.2. The van der Waals surface area contributed by atoms with Gasteiger partial charge in [-0.05, 0) is 0 Å². The Morgan fingerprint density at radius 1 is 1.33 bits per heavy atom. The highest BCUT2D eigenvalue weighted by Crippen LogP contribution is 2.13. The first kappa shape index (κ1) is 9.04. The molecule has 0 unspecified atom stereocenters. The van der Waals surface area contributed by atoms with Crippen molar-refractivity contribution < 1.29 is 17.9 Å². The first-order valence-corrected chi connectivity index (χ1v) is 2.80. The lowest BCUT2D eigenvalue weighted by atomic mass is 10.7. The van der Waals surface area contributed by atoms with Crippen LogP contribution in [0.5, 0.6) is 0 Å². The Hall–Kier alpha value is 0.0400. The van der Waals surface area contributed by atoms with E-state index in [1.165, 1.54) is 0 Å². The number of hydrogen-bond acceptors (Lipinski definition) is 1. The molecular weight excluding hydrogens is 156 g/mol. The molecule has 0 N–H and O–H groups in total. The quantitative estimate of drug-likeness (QED) is 0.454. The van der Waals surface area contributed by atoms with Crippen molar-refractivity contribution in [2.75, 3.05) is 19.1 Å². The number of alkyl halides is 4. The fraction of sp³-hybridized carbons (Fsp3) is 1.00. The molecule has 0 aromatic carbocycles. The highest BCUT2D eigenvalue weighted by Gasteiger charge is 2.26. The van der Waals surface area contributed by atoms with Gasteiger partial charge in [-0.1, -0.05) is 0 Å². The van der Waals surface area contributed by atoms with Crippen LogP contribution in [0.3, 0.4) is 0 Å². The smallest absolute Gasteiger partial charge is 0.371 e. The molecule has 5 heteroatoms. The third kappa shape index (κ3) is 8.04. The number of ether oxygens (including phenoxy) is 1. The lowest BCUT2D eigenvalue weighted by Crippen LogP contribution is -2.17. The molecule has 0 rings (SSSR count). The monoisotopic (exact) mass is 162 g/mol. The van der Waals surface area contributed by atoms with E-state index in [0.29, 0.717) is 0 Å². The van der Waals surface area contributed by atoms with Crippen LogP contribution in [0, 0.1) is 0 Å². The average Bonchev–Trinajstić information content (AvgIpc) is 1.63. The highest BCUT2D eigenvalue weighted by atomic mass is 35.5. The van der Waals surface area contributed by atoms with E-state index in [1.807, 2.05) is 0 Å². The Labute approximate surface area is 55.7 Å². The minimum absolute atomic E-state index is 0.0545. The Morgan fingerprint density at radius 3 is 2.22 bits per heavy atom. The predicted octanol–water partition coefficient (Wildman–Crippen LogP) is 1.80. The molecule has 0 saturated heterocycles. The summed E-state index contributed by atoms with van der Waals surface area (Å²) in [6.07, 6.45) is -4.23. The van der Waals surface area contributed by atoms with Gasteiger partial charge in [-0.25, -0.2) is 0 Å². The summed E-state index contributed by atoms with van der Waals surface area (Å²) in [5.74, 6) is 0.0933. The third-order valence-electron chi connectivity index (χ3n) is 0.487. The molecule has 0 amide bonds. The van der Waals surface area contributed by atoms with Gasteiger partial charge in [0.1, 0.15) is 6.61 Å². The number of hydrogen-bond donors (Lipinski definition) is 0. The molecule has 0 heterocycles. The van der Waals surface area contributed by atoms with E-state index >= 15 is 0 Å². The number of rotatable bonds is 3. The first-order chi connectivity index (χ1) is 4.06. The normalized spacial score (nSPS) is 12.0. The molecule has 0 saturated carbocycles. The van der Waals surface area contributed by atoms with Gasteiger partial charge in [-0.3, -0.25) is 0 Å². The van der Waals surface area contributed by atoms with E-state index in [-0.39, 0.29) is 12.5 Å². The summed E-state index contributed by atoms with van der Waals surface area (Å²) in [5, 5.41) is 0. The van der Waals surface area contributed by atoms with E-state index < -0.39 is 12.8 Å². The minimum Gasteiger partial charge on any atom is -0.371 e. The van der Waals surface area contributed by atoms with Crippen molar-refractivity contribution in [1.82, 2.24) is 0 Å². The van der Waals surface area contributed by atoms with E-state index in [4.69, 9.17) is 11.6 Å². The molecule has 0 aliphatic heterocycles. The second kappa shape index (κ2) is 3.95. The van der Waals surface area contributed by atoms with Crippen molar-refractivity contribution in [3.63, 3.8) is 0 Å². The van der Waals surface area contributed by atoms with Crippen LogP contribution in [0.15, 0.2) is 0 Å². The van der Waals surface area contributed by atoms with Gasteiger partial charge in [0.05, 0.1) is 6.61 Å². The van der Waals surface area contributed by atoms with Crippen molar-refractivity contribution >= 4 is 11.6 Å². The molecule has 0 radical (unpaired) electrons. The van der Waals surface area contributed by atoms with Crippen LogP contribution < -0.4 is 0 Å². The Kier molecular flexibility index (Phi) is 3.97. The maximum Gasteiger partial charge on any atom is 0.411 e. The van der Waals surface area contributed by atoms with Crippen LogP contribution in [0.1, 0.15) is 0 Å². The Balaban J connectivity index is 3.07. The lowest BCUT2D eigenvalue weighted by Gasteiger charge is -2.04. The molecule has 0 fully saturated rings. The molecule has 0 aromatic heterocycles. The summed E-state index contributed by atoms with van der Waals surface area (Å²) < 4.78 is 37.7. The summed E-state index contributed by atoms with van der Waals surface area (Å²) in [6, 6.07) is 0. The average molecular weight is 163 g/mol. The largest absolute Gasteiger partial charge is 0.411 e. The summed E-state index contributed by atoms with van der Waals surface area (Å²) >= 11 is 5.04. The number of halogens is 4. The predicted molar refractivity (Wildman–Crippen MR) is 27.6 cm³/mol. The van der Waals surface area contributed by atoms with E-state index in [2.05, 4.69) is 4.74 Å². The zero-order valence-corrected chi connectivity index (χ0v) is 5.30. The molecule has 0 spiro atoms. The van der Waals surface area contributed by atoms with Gasteiger partial charge in [0, 0.05) is 5.88 Å². The topological polar surface area (TPSA) is 9.23 Å². The van der Waals surface area contributed by atoms with Crippen LogP contribution >= 0.6 is 11.6 Å². The van der Waals surface area contributed by atoms with Gasteiger partial charge in [0.2, 0.25) is 0 Å². The SMILES string of the molecule is FC(F)(F)COCCCl. The second-order valence-corrected chi connectivity index (χ2v) is 1.73. The van der Waals surface area contributed by atoms with Gasteiger partial charge in [0.25, 0.3) is 0 Å². The second-order valence-electron chi connectivity index (χ2n) is 1.36. The molecule has 0 aliphatic rings. The van der Waals surface area contributed by atoms with Crippen molar-refractivity contribution in [2.24, 2.45) is 0 Å². The van der Waals surface area contributed by atoms with Gasteiger partial charge in [-0.2, -0.15) is 13.2 Å². The van der Waals surface area contributed by atoms with Crippen LogP contribution in [-0.2, 0) is 4.74 Å². The van der Waals surface area contributed by atoms with E-state index in [9.17, 15) is 13.2 Å². The van der Waals surface area contributed by atoms with Gasteiger partial charge >= 0.3 is 6.18 Å². The fourth-order valence-electron chi connectivity index (χ4n) is 0.242. The van der Waals surface area contributed by atoms with Gasteiger partial charge < -0.3 is 4.74 Å². The highest BCUT2D eigenvalue weighted by molar-refractivity contribution is 6.17. The minimum atomic E-state index is -4.23. The lowest BCUT2D eigenvalue weighted by molar-refractivity contribution is -0.172. The van der Waals surface area contributed by atoms with Crippen molar-refractivity contribution in [3.8, 4) is 0 Å². The summed E-state index contributed by atoms with van der Waals surface area (Å²) in [7, 11) is 0. The van der Waals surface area contributed by atoms with Crippen molar-refractivity contribution in [3.05, 3.63) is 0 Å². The zero-order chi connectivity index (χ0) is 7.33. The Morgan fingerprint density at radius 2 is 1.89 bits per heavy atom. The molecule has 0 bridgehead atoms. The summed E-state index contributed by atoms with van der Waals surface area (Å²) in [4.78, 5) is 0. The molecule has 0 aliphatic carbocycles. The standard InChI is InChI=1S/C4H6ClF3O/c5-1-2-9-3-4(6,7)8/h1-3H2. The van der Waals surface area contributed by atoms with Crippen LogP contribution in [0.4, 0.5) is 13.2 Å². The van der Waals surface area contributed by atoms with Gasteiger partial charge in [-0.15, -0.1) is 11.6 Å². The molecule has 9 heavy (non-hydrogen) atoms. The summed E-state index contributed by atoms with van der Waals surface area (Å²) in [6.45, 7) is -1.26. The van der Waals surface area contributed by atoms with Crippen LogP contribution in [0.2, 0.25) is 0 Å². The zero-order valence-electron chi connectivity index (χ0n) is 4.54. The molecule has 0 atom stereocenters. The third-order valence-corrected chi connectivity index (χ3v) is 0.642. The maximum atomic E-state index is 11.2. The van der Waals surface area contributed by atoms with Gasteiger partial charge in [0.15, 0.2) is 0 Å². The molecule has 1 nitrogen and oxygen atoms in total. The van der Waals surface area contributed by atoms with E-state index in [1.54, 1.807) is 0 Å². The Bertz CT molecular complexity index is 72.7. The van der Waals surface area contributed by atoms with Crippen molar-refractivity contribution in [2.45, 2.75) is 6.18 Å². The molecule has 56 valence electrons. The van der Waals surface area contributed by atoms with Crippen LogP contribution in [0.25, 0.3) is 0 Å². The van der Waals surface area contributed by atoms with E-state index in [0.717, 1.165) is 0 Å². The first-order valence-electron chi connectivity index (χ1n) is 2.27. The molecular formula is C4H6ClF3O. The fourth-order valence-corrected chi connectivity index (χ4v) is 0.352. The molecule has 0 aromatic rings. The van der Waals surface area contributed by atoms with Crippen LogP contribution in [-0.4, -0.2) is 25.3 Å². The van der Waals surface area contributed by atoms with Crippen molar-refractivity contribution in [1.29, 1.82) is 0 Å². The summed E-state index contributed by atoms with van der Waals surface area (Å²) in [5.41, 5.74) is 0.